The van der Waals surface area contributed by atoms with Gasteiger partial charge >= 0.3 is 5.97 Å². The fourth-order valence-corrected chi connectivity index (χ4v) is 3.29. The second-order valence-corrected chi connectivity index (χ2v) is 6.00. The summed E-state index contributed by atoms with van der Waals surface area (Å²) in [5, 5.41) is 12.5. The van der Waals surface area contributed by atoms with Crippen molar-refractivity contribution in [2.24, 2.45) is 11.8 Å². The first-order valence-corrected chi connectivity index (χ1v) is 7.56. The topological polar surface area (TPSA) is 75.1 Å². The number of rotatable bonds is 5. The molecule has 0 saturated heterocycles. The molecule has 2 N–H and O–H groups in total. The van der Waals surface area contributed by atoms with Crippen LogP contribution in [0, 0.1) is 11.8 Å². The van der Waals surface area contributed by atoms with Crippen molar-refractivity contribution in [3.05, 3.63) is 18.1 Å². The Bertz CT molecular complexity index is 482. The van der Waals surface area contributed by atoms with Gasteiger partial charge in [-0.15, -0.1) is 0 Å². The predicted molar refractivity (Wildman–Crippen MR) is 75.7 cm³/mol. The van der Waals surface area contributed by atoms with Crippen LogP contribution in [0.1, 0.15) is 55.4 Å². The summed E-state index contributed by atoms with van der Waals surface area (Å²) in [4.78, 5) is 18.9. The second kappa shape index (κ2) is 5.77. The molecule has 2 fully saturated rings. The van der Waals surface area contributed by atoms with E-state index in [0.29, 0.717) is 17.8 Å². The molecule has 0 aromatic carbocycles. The van der Waals surface area contributed by atoms with E-state index in [1.807, 2.05) is 0 Å². The number of carboxylic acid groups (broad SMARTS) is 1. The van der Waals surface area contributed by atoms with Crippen LogP contribution in [-0.2, 0) is 0 Å². The number of aromatic carboxylic acids is 1. The first-order valence-electron chi connectivity index (χ1n) is 7.56. The van der Waals surface area contributed by atoms with Gasteiger partial charge in [0.1, 0.15) is 12.1 Å². The summed E-state index contributed by atoms with van der Waals surface area (Å²) >= 11 is 0. The van der Waals surface area contributed by atoms with E-state index in [1.54, 1.807) is 6.07 Å². The zero-order valence-electron chi connectivity index (χ0n) is 11.6. The van der Waals surface area contributed by atoms with Crippen LogP contribution in [0.4, 0.5) is 5.82 Å². The highest BCUT2D eigenvalue weighted by molar-refractivity contribution is 5.86. The van der Waals surface area contributed by atoms with Crippen LogP contribution < -0.4 is 5.32 Å². The van der Waals surface area contributed by atoms with Gasteiger partial charge in [-0.25, -0.2) is 14.8 Å². The fraction of sp³-hybridized carbons (Fsp3) is 0.667. The maximum atomic E-state index is 11.0. The van der Waals surface area contributed by atoms with Crippen molar-refractivity contribution in [3.63, 3.8) is 0 Å². The monoisotopic (exact) mass is 275 g/mol. The van der Waals surface area contributed by atoms with E-state index in [9.17, 15) is 4.79 Å². The molecular formula is C15H21N3O2. The molecule has 0 radical (unpaired) electrons. The van der Waals surface area contributed by atoms with Crippen LogP contribution in [0.25, 0.3) is 0 Å². The van der Waals surface area contributed by atoms with Gasteiger partial charge in [0.2, 0.25) is 0 Å². The molecule has 5 heteroatoms. The number of hydrogen-bond acceptors (Lipinski definition) is 4. The van der Waals surface area contributed by atoms with Gasteiger partial charge in [0.25, 0.3) is 0 Å². The molecule has 2 saturated carbocycles. The van der Waals surface area contributed by atoms with Crippen molar-refractivity contribution in [2.45, 2.75) is 51.0 Å². The minimum atomic E-state index is -1.00. The van der Waals surface area contributed by atoms with Gasteiger partial charge in [0.05, 0.1) is 0 Å². The minimum absolute atomic E-state index is 0.0562. The standard InChI is InChI=1S/C15H21N3O2/c19-15(20)12-8-13(17-9-16-12)18-14(11-6-7-11)10-4-2-1-3-5-10/h8-11,14H,1-7H2,(H,19,20)(H,16,17,18). The van der Waals surface area contributed by atoms with Gasteiger partial charge in [-0.05, 0) is 37.5 Å². The second-order valence-electron chi connectivity index (χ2n) is 6.00. The Morgan fingerprint density at radius 3 is 2.50 bits per heavy atom. The molecule has 108 valence electrons. The first kappa shape index (κ1) is 13.3. The summed E-state index contributed by atoms with van der Waals surface area (Å²) < 4.78 is 0. The third-order valence-electron chi connectivity index (χ3n) is 4.49. The predicted octanol–water partition coefficient (Wildman–Crippen LogP) is 2.95. The number of carbonyl (C=O) groups is 1. The molecule has 1 aromatic heterocycles. The fourth-order valence-electron chi connectivity index (χ4n) is 3.29. The quantitative estimate of drug-likeness (QED) is 0.864. The van der Waals surface area contributed by atoms with E-state index < -0.39 is 5.97 Å². The van der Waals surface area contributed by atoms with Crippen LogP contribution in [0.3, 0.4) is 0 Å². The van der Waals surface area contributed by atoms with Gasteiger partial charge in [0.15, 0.2) is 5.69 Å². The summed E-state index contributed by atoms with van der Waals surface area (Å²) in [5.74, 6) is 1.09. The lowest BCUT2D eigenvalue weighted by atomic mass is 9.82. The largest absolute Gasteiger partial charge is 0.477 e. The van der Waals surface area contributed by atoms with Crippen molar-refractivity contribution in [2.75, 3.05) is 5.32 Å². The average molecular weight is 275 g/mol. The van der Waals surface area contributed by atoms with E-state index in [0.717, 1.165) is 5.92 Å². The van der Waals surface area contributed by atoms with E-state index >= 15 is 0 Å². The lowest BCUT2D eigenvalue weighted by Crippen LogP contribution is -2.33. The molecule has 1 atom stereocenters. The van der Waals surface area contributed by atoms with E-state index in [4.69, 9.17) is 5.11 Å². The Labute approximate surface area is 118 Å². The molecule has 2 aliphatic rings. The molecule has 0 spiro atoms. The lowest BCUT2D eigenvalue weighted by molar-refractivity contribution is 0.0690. The number of anilines is 1. The zero-order valence-corrected chi connectivity index (χ0v) is 11.6. The minimum Gasteiger partial charge on any atom is -0.477 e. The third kappa shape index (κ3) is 3.08. The first-order chi connectivity index (χ1) is 9.74. The zero-order chi connectivity index (χ0) is 13.9. The molecule has 1 unspecified atom stereocenters. The van der Waals surface area contributed by atoms with Crippen LogP contribution in [0.5, 0.6) is 0 Å². The summed E-state index contributed by atoms with van der Waals surface area (Å²) in [6, 6.07) is 1.99. The Kier molecular flexibility index (Phi) is 3.85. The van der Waals surface area contributed by atoms with Crippen molar-refractivity contribution >= 4 is 11.8 Å². The molecule has 3 rings (SSSR count). The Morgan fingerprint density at radius 2 is 1.85 bits per heavy atom. The number of nitrogens with one attached hydrogen (secondary N) is 1. The molecule has 0 amide bonds. The van der Waals surface area contributed by atoms with Crippen molar-refractivity contribution in [1.29, 1.82) is 0 Å². The molecule has 20 heavy (non-hydrogen) atoms. The molecule has 1 aromatic rings. The van der Waals surface area contributed by atoms with Gasteiger partial charge in [-0.1, -0.05) is 19.3 Å². The van der Waals surface area contributed by atoms with Crippen molar-refractivity contribution < 1.29 is 9.90 Å². The van der Waals surface area contributed by atoms with Crippen molar-refractivity contribution in [3.8, 4) is 0 Å². The van der Waals surface area contributed by atoms with Crippen LogP contribution >= 0.6 is 0 Å². The van der Waals surface area contributed by atoms with E-state index in [-0.39, 0.29) is 5.69 Å². The summed E-state index contributed by atoms with van der Waals surface area (Å²) in [6.07, 6.45) is 10.5. The highest BCUT2D eigenvalue weighted by Gasteiger charge is 2.37. The molecule has 1 heterocycles. The molecule has 0 bridgehead atoms. The van der Waals surface area contributed by atoms with Crippen LogP contribution in [0.15, 0.2) is 12.4 Å². The molecular weight excluding hydrogens is 254 g/mol. The highest BCUT2D eigenvalue weighted by atomic mass is 16.4. The van der Waals surface area contributed by atoms with Crippen LogP contribution in [0.2, 0.25) is 0 Å². The lowest BCUT2D eigenvalue weighted by Gasteiger charge is -2.31. The van der Waals surface area contributed by atoms with E-state index in [2.05, 4.69) is 15.3 Å². The van der Waals surface area contributed by atoms with Gasteiger partial charge < -0.3 is 10.4 Å². The number of carboxylic acids is 1. The Balaban J connectivity index is 1.72. The summed E-state index contributed by atoms with van der Waals surface area (Å²) in [5.41, 5.74) is 0.0562. The highest BCUT2D eigenvalue weighted by Crippen LogP contribution is 2.41. The van der Waals surface area contributed by atoms with Crippen LogP contribution in [-0.4, -0.2) is 27.1 Å². The molecule has 0 aliphatic heterocycles. The Hall–Kier alpha value is -1.65. The maximum absolute atomic E-state index is 11.0. The molecule has 2 aliphatic carbocycles. The van der Waals surface area contributed by atoms with Crippen molar-refractivity contribution in [1.82, 2.24) is 9.97 Å². The smallest absolute Gasteiger partial charge is 0.354 e. The average Bonchev–Trinajstić information content (AvgIpc) is 3.30. The number of aromatic nitrogens is 2. The Morgan fingerprint density at radius 1 is 1.15 bits per heavy atom. The number of nitrogens with zero attached hydrogens (tertiary/aromatic N) is 2. The summed E-state index contributed by atoms with van der Waals surface area (Å²) in [7, 11) is 0. The normalized spacial score (nSPS) is 21.4. The van der Waals surface area contributed by atoms with E-state index in [1.165, 1.54) is 51.3 Å². The third-order valence-corrected chi connectivity index (χ3v) is 4.49. The van der Waals surface area contributed by atoms with Gasteiger partial charge in [-0.2, -0.15) is 0 Å². The molecule has 5 nitrogen and oxygen atoms in total. The number of hydrogen-bond donors (Lipinski definition) is 2. The maximum Gasteiger partial charge on any atom is 0.354 e. The van der Waals surface area contributed by atoms with Gasteiger partial charge in [0, 0.05) is 12.1 Å². The van der Waals surface area contributed by atoms with Gasteiger partial charge in [-0.3, -0.25) is 0 Å². The SMILES string of the molecule is O=C(O)c1cc(NC(C2CCCCC2)C2CC2)ncn1. The summed E-state index contributed by atoms with van der Waals surface area (Å²) in [6.45, 7) is 0.